The van der Waals surface area contributed by atoms with Crippen LogP contribution in [-0.4, -0.2) is 22.2 Å². The van der Waals surface area contributed by atoms with E-state index in [4.69, 9.17) is 9.26 Å². The van der Waals surface area contributed by atoms with Gasteiger partial charge < -0.3 is 14.6 Å². The van der Waals surface area contributed by atoms with E-state index in [-0.39, 0.29) is 11.8 Å². The zero-order chi connectivity index (χ0) is 16.5. The molecule has 0 bridgehead atoms. The molecule has 0 saturated heterocycles. The predicted molar refractivity (Wildman–Crippen MR) is 87.6 cm³/mol. The Morgan fingerprint density at radius 1 is 1.21 bits per heavy atom. The van der Waals surface area contributed by atoms with E-state index in [1.807, 2.05) is 37.3 Å². The van der Waals surface area contributed by atoms with E-state index in [1.54, 1.807) is 24.5 Å². The number of aromatic nitrogens is 2. The second-order valence-corrected chi connectivity index (χ2v) is 5.67. The quantitative estimate of drug-likeness (QED) is 0.801. The number of benzene rings is 1. The predicted octanol–water partition coefficient (Wildman–Crippen LogP) is 3.24. The Balaban J connectivity index is 1.49. The fourth-order valence-corrected chi connectivity index (χ4v) is 2.82. The topological polar surface area (TPSA) is 77.2 Å². The van der Waals surface area contributed by atoms with E-state index in [2.05, 4.69) is 15.5 Å². The van der Waals surface area contributed by atoms with Crippen molar-refractivity contribution in [1.82, 2.24) is 10.1 Å². The average molecular weight is 321 g/mol. The zero-order valence-electron chi connectivity index (χ0n) is 13.0. The lowest BCUT2D eigenvalue weighted by molar-refractivity contribution is -0.122. The number of carbonyl (C=O) groups excluding carboxylic acids is 1. The van der Waals surface area contributed by atoms with Gasteiger partial charge in [0, 0.05) is 35.5 Å². The van der Waals surface area contributed by atoms with Crippen LogP contribution in [0.2, 0.25) is 0 Å². The van der Waals surface area contributed by atoms with E-state index in [9.17, 15) is 4.79 Å². The maximum atomic E-state index is 12.5. The third kappa shape index (κ3) is 2.52. The minimum Gasteiger partial charge on any atom is -0.480 e. The van der Waals surface area contributed by atoms with Gasteiger partial charge in [0.1, 0.15) is 5.75 Å². The molecule has 0 aliphatic carbocycles. The molecule has 0 unspecified atom stereocenters. The highest BCUT2D eigenvalue weighted by molar-refractivity contribution is 5.95. The zero-order valence-corrected chi connectivity index (χ0v) is 13.0. The monoisotopic (exact) mass is 321 g/mol. The smallest absolute Gasteiger partial charge is 0.267 e. The van der Waals surface area contributed by atoms with Crippen molar-refractivity contribution in [2.24, 2.45) is 0 Å². The van der Waals surface area contributed by atoms with E-state index in [0.717, 1.165) is 16.9 Å². The molecule has 0 radical (unpaired) electrons. The molecule has 120 valence electrons. The van der Waals surface area contributed by atoms with Gasteiger partial charge in [-0.15, -0.1) is 0 Å². The van der Waals surface area contributed by atoms with Crippen molar-refractivity contribution < 1.29 is 14.1 Å². The molecule has 0 saturated carbocycles. The number of fused-ring (bicyclic) bond motifs is 1. The van der Waals surface area contributed by atoms with Gasteiger partial charge in [0.2, 0.25) is 0 Å². The first kappa shape index (κ1) is 14.4. The Bertz CT molecular complexity index is 876. The number of hydrogen-bond donors (Lipinski definition) is 1. The second-order valence-electron chi connectivity index (χ2n) is 5.67. The third-order valence-electron chi connectivity index (χ3n) is 4.08. The van der Waals surface area contributed by atoms with Crippen LogP contribution in [-0.2, 0) is 4.79 Å². The number of nitrogens with zero attached hydrogens (tertiary/aromatic N) is 2. The Morgan fingerprint density at radius 2 is 2.08 bits per heavy atom. The van der Waals surface area contributed by atoms with Crippen LogP contribution in [0.5, 0.6) is 5.75 Å². The summed E-state index contributed by atoms with van der Waals surface area (Å²) in [6.07, 6.45) is 2.77. The molecule has 0 spiro atoms. The van der Waals surface area contributed by atoms with Gasteiger partial charge in [0.05, 0.1) is 0 Å². The van der Waals surface area contributed by atoms with Gasteiger partial charge >= 0.3 is 0 Å². The van der Waals surface area contributed by atoms with Gasteiger partial charge in [0.15, 0.2) is 17.7 Å². The maximum Gasteiger partial charge on any atom is 0.267 e. The summed E-state index contributed by atoms with van der Waals surface area (Å²) in [4.78, 5) is 16.5. The lowest BCUT2D eigenvalue weighted by Crippen LogP contribution is -2.33. The Hall–Kier alpha value is -3.15. The van der Waals surface area contributed by atoms with E-state index < -0.39 is 6.10 Å². The molecule has 3 aromatic rings. The highest BCUT2D eigenvalue weighted by Gasteiger charge is 2.36. The molecule has 0 fully saturated rings. The van der Waals surface area contributed by atoms with Crippen molar-refractivity contribution in [3.05, 3.63) is 60.4 Å². The van der Waals surface area contributed by atoms with Crippen LogP contribution >= 0.6 is 0 Å². The van der Waals surface area contributed by atoms with Crippen molar-refractivity contribution in [3.63, 3.8) is 0 Å². The molecule has 4 rings (SSSR count). The molecular weight excluding hydrogens is 306 g/mol. The highest BCUT2D eigenvalue weighted by atomic mass is 16.5. The highest BCUT2D eigenvalue weighted by Crippen LogP contribution is 2.38. The summed E-state index contributed by atoms with van der Waals surface area (Å²) >= 11 is 0. The van der Waals surface area contributed by atoms with E-state index in [1.165, 1.54) is 0 Å². The second kappa shape index (κ2) is 5.81. The van der Waals surface area contributed by atoms with Gasteiger partial charge in [-0.2, -0.15) is 0 Å². The first-order chi connectivity index (χ1) is 11.7. The van der Waals surface area contributed by atoms with Crippen LogP contribution in [0.4, 0.5) is 5.82 Å². The van der Waals surface area contributed by atoms with Gasteiger partial charge in [-0.1, -0.05) is 30.3 Å². The summed E-state index contributed by atoms with van der Waals surface area (Å²) in [5, 5.41) is 6.64. The molecule has 2 atom stereocenters. The number of para-hydroxylation sites is 1. The molecule has 1 N–H and O–H groups in total. The molecule has 3 heterocycles. The number of amides is 1. The molecule has 6 heteroatoms. The Kier molecular flexibility index (Phi) is 3.49. The average Bonchev–Trinajstić information content (AvgIpc) is 3.21. The summed E-state index contributed by atoms with van der Waals surface area (Å²) in [6.45, 7) is 1.97. The van der Waals surface area contributed by atoms with Crippen LogP contribution in [0, 0.1) is 0 Å². The molecule has 2 aromatic heterocycles. The molecule has 1 amide bonds. The number of rotatable bonds is 3. The molecule has 1 aliphatic heterocycles. The van der Waals surface area contributed by atoms with Crippen LogP contribution in [0.1, 0.15) is 18.4 Å². The number of nitrogens with one attached hydrogen (secondary N) is 1. The molecule has 1 aliphatic rings. The first-order valence-corrected chi connectivity index (χ1v) is 7.66. The molecule has 1 aromatic carbocycles. The minimum atomic E-state index is -0.582. The van der Waals surface area contributed by atoms with Crippen LogP contribution in [0.3, 0.4) is 0 Å². The van der Waals surface area contributed by atoms with Gasteiger partial charge in [-0.05, 0) is 18.2 Å². The maximum absolute atomic E-state index is 12.5. The van der Waals surface area contributed by atoms with Crippen LogP contribution in [0.15, 0.2) is 59.4 Å². The number of hydrogen-bond acceptors (Lipinski definition) is 5. The lowest BCUT2D eigenvalue weighted by atomic mass is 9.97. The van der Waals surface area contributed by atoms with Crippen molar-refractivity contribution in [3.8, 4) is 17.1 Å². The van der Waals surface area contributed by atoms with Crippen molar-refractivity contribution in [2.75, 3.05) is 5.32 Å². The molecule has 6 nitrogen and oxygen atoms in total. The molecule has 24 heavy (non-hydrogen) atoms. The fraction of sp³-hybridized carbons (Fsp3) is 0.167. The van der Waals surface area contributed by atoms with Crippen LogP contribution in [0.25, 0.3) is 11.3 Å². The van der Waals surface area contributed by atoms with Crippen molar-refractivity contribution in [2.45, 2.75) is 18.9 Å². The number of pyridine rings is 1. The molecular formula is C18H15N3O3. The summed E-state index contributed by atoms with van der Waals surface area (Å²) in [6, 6.07) is 13.0. The third-order valence-corrected chi connectivity index (χ3v) is 4.08. The van der Waals surface area contributed by atoms with Crippen molar-refractivity contribution >= 4 is 11.7 Å². The van der Waals surface area contributed by atoms with Gasteiger partial charge in [0.25, 0.3) is 5.91 Å². The number of carbonyl (C=O) groups is 1. The van der Waals surface area contributed by atoms with Crippen LogP contribution < -0.4 is 10.1 Å². The standard InChI is InChI=1S/C18H15N3O3/c1-11-13-6-2-3-7-14(13)23-17(11)18(22)20-16-9-15(24-21-16)12-5-4-8-19-10-12/h2-11,17H,1H3,(H,20,21,22)/t11-,17+/m0/s1. The number of anilines is 1. The minimum absolute atomic E-state index is 0.0223. The van der Waals surface area contributed by atoms with E-state index >= 15 is 0 Å². The largest absolute Gasteiger partial charge is 0.480 e. The van der Waals surface area contributed by atoms with E-state index in [0.29, 0.717) is 11.6 Å². The Labute approximate surface area is 138 Å². The fourth-order valence-electron chi connectivity index (χ4n) is 2.82. The summed E-state index contributed by atoms with van der Waals surface area (Å²) in [5.41, 5.74) is 1.83. The Morgan fingerprint density at radius 3 is 2.88 bits per heavy atom. The summed E-state index contributed by atoms with van der Waals surface area (Å²) in [5.74, 6) is 1.38. The first-order valence-electron chi connectivity index (χ1n) is 7.66. The van der Waals surface area contributed by atoms with Gasteiger partial charge in [-0.25, -0.2) is 0 Å². The lowest BCUT2D eigenvalue weighted by Gasteiger charge is -2.13. The summed E-state index contributed by atoms with van der Waals surface area (Å²) < 4.78 is 11.0. The normalized spacial score (nSPS) is 18.7. The van der Waals surface area contributed by atoms with Crippen molar-refractivity contribution in [1.29, 1.82) is 0 Å². The van der Waals surface area contributed by atoms with Gasteiger partial charge in [-0.3, -0.25) is 9.78 Å². The summed E-state index contributed by atoms with van der Waals surface area (Å²) in [7, 11) is 0. The number of ether oxygens (including phenoxy) is 1. The SMILES string of the molecule is C[C@H]1c2ccccc2O[C@H]1C(=O)Nc1cc(-c2cccnc2)on1.